The molecule has 2 aromatic heterocycles. The quantitative estimate of drug-likeness (QED) is 0.329. The van der Waals surface area contributed by atoms with Gasteiger partial charge in [-0.25, -0.2) is 22.2 Å². The summed E-state index contributed by atoms with van der Waals surface area (Å²) in [6, 6.07) is 11.6. The van der Waals surface area contributed by atoms with Crippen LogP contribution in [0, 0.1) is 17.6 Å². The number of carbonyl (C=O) groups excluding carboxylic acids is 1. The number of ether oxygens (including phenoxy) is 1. The number of rotatable bonds is 7. The molecule has 1 aliphatic heterocycles. The summed E-state index contributed by atoms with van der Waals surface area (Å²) in [5.74, 6) is -1.93. The molecule has 1 fully saturated rings. The van der Waals surface area contributed by atoms with Crippen molar-refractivity contribution in [1.82, 2.24) is 14.3 Å². The highest BCUT2D eigenvalue weighted by Crippen LogP contribution is 2.36. The second-order valence-corrected chi connectivity index (χ2v) is 11.8. The van der Waals surface area contributed by atoms with Crippen LogP contribution in [-0.2, 0) is 21.4 Å². The Bertz CT molecular complexity index is 1570. The monoisotopic (exact) mass is 558 g/mol. The van der Waals surface area contributed by atoms with Crippen LogP contribution in [0.25, 0.3) is 10.2 Å². The van der Waals surface area contributed by atoms with E-state index in [1.165, 1.54) is 11.3 Å². The van der Waals surface area contributed by atoms with Crippen molar-refractivity contribution in [3.8, 4) is 5.75 Å². The Morgan fingerprint density at radius 2 is 1.95 bits per heavy atom. The van der Waals surface area contributed by atoms with Crippen molar-refractivity contribution < 1.29 is 26.7 Å². The molecule has 3 heterocycles. The molecule has 12 heteroatoms. The lowest BCUT2D eigenvalue weighted by molar-refractivity contribution is -0.123. The number of amides is 1. The number of hydrogen-bond acceptors (Lipinski definition) is 7. The fraction of sp³-hybridized carbons (Fsp3) is 0.269. The first-order valence-electron chi connectivity index (χ1n) is 11.9. The number of pyridine rings is 1. The number of piperidine rings is 1. The zero-order valence-corrected chi connectivity index (χ0v) is 22.0. The average Bonchev–Trinajstić information content (AvgIpc) is 3.37. The molecule has 0 unspecified atom stereocenters. The van der Waals surface area contributed by atoms with E-state index in [2.05, 4.69) is 4.98 Å². The molecule has 5 rings (SSSR count). The van der Waals surface area contributed by atoms with Gasteiger partial charge >= 0.3 is 0 Å². The summed E-state index contributed by atoms with van der Waals surface area (Å²) in [5.41, 5.74) is 1.46. The van der Waals surface area contributed by atoms with E-state index >= 15 is 0 Å². The van der Waals surface area contributed by atoms with Gasteiger partial charge < -0.3 is 4.74 Å². The van der Waals surface area contributed by atoms with Crippen LogP contribution in [0.2, 0.25) is 0 Å². The zero-order valence-electron chi connectivity index (χ0n) is 20.4. The SMILES string of the molecule is COc1cccc2sc(N(Cc3cccnc3)C(=O)C3CCN(S(=O)(=O)c4cc(F)ccc4F)CC3)nc12. The predicted octanol–water partition coefficient (Wildman–Crippen LogP) is 4.61. The number of sulfonamides is 1. The molecule has 0 spiro atoms. The maximum absolute atomic E-state index is 14.2. The molecule has 2 aromatic carbocycles. The van der Waals surface area contributed by atoms with Crippen LogP contribution in [0.15, 0.2) is 65.8 Å². The van der Waals surface area contributed by atoms with Gasteiger partial charge in [-0.15, -0.1) is 0 Å². The lowest BCUT2D eigenvalue weighted by Crippen LogP contribution is -2.44. The minimum atomic E-state index is -4.25. The Morgan fingerprint density at radius 1 is 1.16 bits per heavy atom. The van der Waals surface area contributed by atoms with Crippen LogP contribution in [0.4, 0.5) is 13.9 Å². The number of anilines is 1. The second kappa shape index (κ2) is 10.7. The highest BCUT2D eigenvalue weighted by atomic mass is 32.2. The Labute approximate surface area is 222 Å². The average molecular weight is 559 g/mol. The zero-order chi connectivity index (χ0) is 26.9. The number of halogens is 2. The van der Waals surface area contributed by atoms with Crippen LogP contribution in [-0.4, -0.2) is 48.8 Å². The number of benzene rings is 2. The molecule has 1 amide bonds. The highest BCUT2D eigenvalue weighted by Gasteiger charge is 2.36. The maximum atomic E-state index is 14.2. The van der Waals surface area contributed by atoms with E-state index in [0.29, 0.717) is 22.5 Å². The van der Waals surface area contributed by atoms with Gasteiger partial charge in [0, 0.05) is 31.4 Å². The molecule has 198 valence electrons. The van der Waals surface area contributed by atoms with Crippen LogP contribution in [0.5, 0.6) is 5.75 Å². The Balaban J connectivity index is 1.39. The third-order valence-electron chi connectivity index (χ3n) is 6.47. The molecule has 1 aliphatic rings. The largest absolute Gasteiger partial charge is 0.494 e. The fourth-order valence-corrected chi connectivity index (χ4v) is 7.02. The summed E-state index contributed by atoms with van der Waals surface area (Å²) in [6.07, 6.45) is 3.78. The Hall–Kier alpha value is -3.48. The summed E-state index contributed by atoms with van der Waals surface area (Å²) in [5, 5.41) is 0.496. The van der Waals surface area contributed by atoms with Crippen LogP contribution >= 0.6 is 11.3 Å². The summed E-state index contributed by atoms with van der Waals surface area (Å²) in [4.78, 5) is 23.6. The van der Waals surface area contributed by atoms with Gasteiger partial charge in [0.1, 0.15) is 27.8 Å². The van der Waals surface area contributed by atoms with E-state index in [-0.39, 0.29) is 38.4 Å². The van der Waals surface area contributed by atoms with Crippen molar-refractivity contribution >= 4 is 42.6 Å². The minimum absolute atomic E-state index is 0.00307. The van der Waals surface area contributed by atoms with Gasteiger partial charge in [0.25, 0.3) is 0 Å². The van der Waals surface area contributed by atoms with E-state index in [4.69, 9.17) is 9.72 Å². The summed E-state index contributed by atoms with van der Waals surface area (Å²) in [7, 11) is -2.69. The van der Waals surface area contributed by atoms with Crippen LogP contribution in [0.1, 0.15) is 18.4 Å². The molecule has 0 aliphatic carbocycles. The molecule has 4 aromatic rings. The highest BCUT2D eigenvalue weighted by molar-refractivity contribution is 7.89. The maximum Gasteiger partial charge on any atom is 0.246 e. The minimum Gasteiger partial charge on any atom is -0.494 e. The van der Waals surface area contributed by atoms with Gasteiger partial charge in [0.15, 0.2) is 5.13 Å². The lowest BCUT2D eigenvalue weighted by atomic mass is 9.96. The number of thiazole rings is 1. The Kier molecular flexibility index (Phi) is 7.37. The number of methoxy groups -OCH3 is 1. The first kappa shape index (κ1) is 26.1. The van der Waals surface area contributed by atoms with Crippen molar-refractivity contribution in [1.29, 1.82) is 0 Å². The number of carbonyl (C=O) groups is 1. The van der Waals surface area contributed by atoms with Crippen molar-refractivity contribution in [2.75, 3.05) is 25.1 Å². The Morgan fingerprint density at radius 3 is 2.66 bits per heavy atom. The standard InChI is InChI=1S/C26H24F2N4O4S2/c1-36-21-5-2-6-22-24(21)30-26(37-22)32(16-17-4-3-11-29-15-17)25(33)18-9-12-31(13-10-18)38(34,35)23-14-19(27)7-8-20(23)28/h2-8,11,14-15,18H,9-10,12-13,16H2,1H3. The lowest BCUT2D eigenvalue weighted by Gasteiger charge is -2.33. The van der Waals surface area contributed by atoms with Gasteiger partial charge in [-0.1, -0.05) is 23.5 Å². The van der Waals surface area contributed by atoms with Gasteiger partial charge in [-0.05, 0) is 54.8 Å². The van der Waals surface area contributed by atoms with E-state index in [1.807, 2.05) is 18.2 Å². The van der Waals surface area contributed by atoms with Gasteiger partial charge in [0.2, 0.25) is 15.9 Å². The molecular formula is C26H24F2N4O4S2. The topological polar surface area (TPSA) is 92.7 Å². The summed E-state index contributed by atoms with van der Waals surface area (Å²) in [6.45, 7) is 0.244. The number of nitrogens with zero attached hydrogens (tertiary/aromatic N) is 4. The molecule has 0 saturated carbocycles. The molecule has 8 nitrogen and oxygen atoms in total. The summed E-state index contributed by atoms with van der Waals surface area (Å²) >= 11 is 1.36. The van der Waals surface area contributed by atoms with Crippen molar-refractivity contribution in [3.05, 3.63) is 78.1 Å². The van der Waals surface area contributed by atoms with Gasteiger partial charge in [-0.3, -0.25) is 14.7 Å². The number of para-hydroxylation sites is 1. The number of hydrogen-bond donors (Lipinski definition) is 0. The molecule has 38 heavy (non-hydrogen) atoms. The van der Waals surface area contributed by atoms with Crippen molar-refractivity contribution in [2.24, 2.45) is 5.92 Å². The smallest absolute Gasteiger partial charge is 0.246 e. The molecular weight excluding hydrogens is 534 g/mol. The van der Waals surface area contributed by atoms with E-state index in [9.17, 15) is 22.0 Å². The van der Waals surface area contributed by atoms with Crippen LogP contribution in [0.3, 0.4) is 0 Å². The first-order valence-corrected chi connectivity index (χ1v) is 14.1. The molecule has 0 bridgehead atoms. The molecule has 0 N–H and O–H groups in total. The normalized spacial score (nSPS) is 15.0. The van der Waals surface area contributed by atoms with Crippen LogP contribution < -0.4 is 9.64 Å². The fourth-order valence-electron chi connectivity index (χ4n) is 4.48. The van der Waals surface area contributed by atoms with Crippen molar-refractivity contribution in [3.63, 3.8) is 0 Å². The number of fused-ring (bicyclic) bond motifs is 1. The van der Waals surface area contributed by atoms with Crippen molar-refractivity contribution in [2.45, 2.75) is 24.3 Å². The first-order chi connectivity index (χ1) is 18.3. The number of aromatic nitrogens is 2. The summed E-state index contributed by atoms with van der Waals surface area (Å²) < 4.78 is 61.2. The molecule has 0 atom stereocenters. The third-order valence-corrected chi connectivity index (χ3v) is 9.42. The van der Waals surface area contributed by atoms with E-state index in [1.54, 1.807) is 36.5 Å². The van der Waals surface area contributed by atoms with Gasteiger partial charge in [-0.2, -0.15) is 4.31 Å². The van der Waals surface area contributed by atoms with E-state index in [0.717, 1.165) is 26.7 Å². The molecule has 0 radical (unpaired) electrons. The third kappa shape index (κ3) is 5.11. The van der Waals surface area contributed by atoms with E-state index < -0.39 is 32.5 Å². The van der Waals surface area contributed by atoms with Gasteiger partial charge in [0.05, 0.1) is 18.4 Å². The predicted molar refractivity (Wildman–Crippen MR) is 139 cm³/mol. The second-order valence-electron chi connectivity index (χ2n) is 8.84. The molecule has 1 saturated heterocycles.